The summed E-state index contributed by atoms with van der Waals surface area (Å²) in [7, 11) is 1.59. The molecular formula is C14H15ClN4OS. The molecule has 3 aromatic rings. The first-order valence-corrected chi connectivity index (χ1v) is 7.99. The van der Waals surface area contributed by atoms with Gasteiger partial charge in [-0.05, 0) is 23.9 Å². The quantitative estimate of drug-likeness (QED) is 0.677. The third-order valence-electron chi connectivity index (χ3n) is 3.36. The lowest BCUT2D eigenvalue weighted by atomic mass is 10.3. The predicted octanol–water partition coefficient (Wildman–Crippen LogP) is 3.03. The van der Waals surface area contributed by atoms with Gasteiger partial charge in [-0.2, -0.15) is 4.98 Å². The van der Waals surface area contributed by atoms with Crippen molar-refractivity contribution in [3.63, 3.8) is 0 Å². The van der Waals surface area contributed by atoms with Gasteiger partial charge in [0.2, 0.25) is 5.88 Å². The van der Waals surface area contributed by atoms with Crippen molar-refractivity contribution in [3.05, 3.63) is 34.0 Å². The summed E-state index contributed by atoms with van der Waals surface area (Å²) < 4.78 is 7.37. The Balaban J connectivity index is 2.14. The number of methoxy groups -OCH3 is 1. The Kier molecular flexibility index (Phi) is 4.07. The molecule has 21 heavy (non-hydrogen) atoms. The van der Waals surface area contributed by atoms with Crippen molar-refractivity contribution in [2.45, 2.75) is 19.9 Å². The molecule has 0 saturated carbocycles. The third-order valence-corrected chi connectivity index (χ3v) is 4.56. The number of alkyl halides is 1. The Bertz CT molecular complexity index is 768. The zero-order chi connectivity index (χ0) is 14.8. The molecule has 3 rings (SSSR count). The van der Waals surface area contributed by atoms with E-state index in [-0.39, 0.29) is 0 Å². The number of rotatable bonds is 5. The minimum absolute atomic E-state index is 0.498. The SMILES string of the molecule is COc1ncnc2c1nc(CCCl)n2Cc1sccc1C. The van der Waals surface area contributed by atoms with Crippen molar-refractivity contribution in [3.8, 4) is 5.88 Å². The van der Waals surface area contributed by atoms with Crippen LogP contribution < -0.4 is 4.74 Å². The van der Waals surface area contributed by atoms with Crippen LogP contribution in [0.5, 0.6) is 5.88 Å². The highest BCUT2D eigenvalue weighted by Gasteiger charge is 2.17. The van der Waals surface area contributed by atoms with Crippen LogP contribution in [0.3, 0.4) is 0 Å². The number of fused-ring (bicyclic) bond motifs is 1. The summed E-state index contributed by atoms with van der Waals surface area (Å²) in [5.74, 6) is 1.92. The highest BCUT2D eigenvalue weighted by molar-refractivity contribution is 7.10. The second-order valence-electron chi connectivity index (χ2n) is 4.64. The first kappa shape index (κ1) is 14.3. The van der Waals surface area contributed by atoms with Crippen LogP contribution in [0.2, 0.25) is 0 Å². The molecule has 0 fully saturated rings. The summed E-state index contributed by atoms with van der Waals surface area (Å²) in [6.07, 6.45) is 2.19. The molecule has 7 heteroatoms. The molecule has 0 aromatic carbocycles. The standard InChI is InChI=1S/C14H15ClN4OS/c1-9-4-6-21-10(9)7-19-11(3-5-15)18-12-13(19)16-8-17-14(12)20-2/h4,6,8H,3,5,7H2,1-2H3. The van der Waals surface area contributed by atoms with Gasteiger partial charge in [0, 0.05) is 17.2 Å². The number of thiophene rings is 1. The third kappa shape index (κ3) is 2.61. The van der Waals surface area contributed by atoms with Gasteiger partial charge in [0.25, 0.3) is 0 Å². The van der Waals surface area contributed by atoms with Crippen LogP contribution in [0, 0.1) is 6.92 Å². The van der Waals surface area contributed by atoms with E-state index in [1.807, 2.05) is 0 Å². The number of hydrogen-bond acceptors (Lipinski definition) is 5. The van der Waals surface area contributed by atoms with Crippen LogP contribution in [0.15, 0.2) is 17.8 Å². The summed E-state index contributed by atoms with van der Waals surface area (Å²) in [4.78, 5) is 14.4. The summed E-state index contributed by atoms with van der Waals surface area (Å²) in [6, 6.07) is 2.12. The van der Waals surface area contributed by atoms with Gasteiger partial charge in [0.15, 0.2) is 11.2 Å². The predicted molar refractivity (Wildman–Crippen MR) is 84.5 cm³/mol. The van der Waals surface area contributed by atoms with E-state index >= 15 is 0 Å². The van der Waals surface area contributed by atoms with Crippen molar-refractivity contribution < 1.29 is 4.74 Å². The van der Waals surface area contributed by atoms with Gasteiger partial charge in [-0.3, -0.25) is 0 Å². The minimum atomic E-state index is 0.498. The number of halogens is 1. The smallest absolute Gasteiger partial charge is 0.245 e. The first-order chi connectivity index (χ1) is 10.2. The van der Waals surface area contributed by atoms with E-state index in [0.29, 0.717) is 23.7 Å². The molecule has 0 saturated heterocycles. The molecule has 0 amide bonds. The number of imidazole rings is 1. The van der Waals surface area contributed by atoms with Crippen molar-refractivity contribution in [2.75, 3.05) is 13.0 Å². The largest absolute Gasteiger partial charge is 0.479 e. The molecule has 3 heterocycles. The highest BCUT2D eigenvalue weighted by Crippen LogP contribution is 2.25. The molecule has 5 nitrogen and oxygen atoms in total. The van der Waals surface area contributed by atoms with Crippen LogP contribution in [0.25, 0.3) is 11.2 Å². The average molecular weight is 323 g/mol. The van der Waals surface area contributed by atoms with Gasteiger partial charge in [-0.25, -0.2) is 9.97 Å². The maximum absolute atomic E-state index is 5.90. The van der Waals surface area contributed by atoms with Gasteiger partial charge in [-0.15, -0.1) is 22.9 Å². The summed E-state index contributed by atoms with van der Waals surface area (Å²) in [6.45, 7) is 2.86. The topological polar surface area (TPSA) is 52.8 Å². The number of ether oxygens (including phenoxy) is 1. The van der Waals surface area contributed by atoms with E-state index < -0.39 is 0 Å². The van der Waals surface area contributed by atoms with E-state index in [1.54, 1.807) is 18.4 Å². The van der Waals surface area contributed by atoms with E-state index in [0.717, 1.165) is 18.0 Å². The monoisotopic (exact) mass is 322 g/mol. The molecule has 0 bridgehead atoms. The molecule has 0 unspecified atom stereocenters. The first-order valence-electron chi connectivity index (χ1n) is 6.57. The molecule has 0 aliphatic carbocycles. The molecule has 0 spiro atoms. The molecule has 0 radical (unpaired) electrons. The van der Waals surface area contributed by atoms with Gasteiger partial charge in [-0.1, -0.05) is 0 Å². The molecule has 110 valence electrons. The van der Waals surface area contributed by atoms with Crippen LogP contribution >= 0.6 is 22.9 Å². The van der Waals surface area contributed by atoms with E-state index in [2.05, 4.69) is 37.9 Å². The maximum Gasteiger partial charge on any atom is 0.245 e. The average Bonchev–Trinajstić information content (AvgIpc) is 3.05. The van der Waals surface area contributed by atoms with Gasteiger partial charge in [0.1, 0.15) is 12.2 Å². The molecule has 3 aromatic heterocycles. The molecule has 0 aliphatic rings. The Morgan fingerprint density at radius 2 is 2.24 bits per heavy atom. The van der Waals surface area contributed by atoms with Crippen molar-refractivity contribution in [1.29, 1.82) is 0 Å². The number of aryl methyl sites for hydroxylation is 2. The summed E-state index contributed by atoms with van der Waals surface area (Å²) in [5, 5.41) is 2.10. The fourth-order valence-electron chi connectivity index (χ4n) is 2.26. The van der Waals surface area contributed by atoms with Crippen LogP contribution in [-0.2, 0) is 13.0 Å². The Morgan fingerprint density at radius 3 is 2.90 bits per heavy atom. The van der Waals surface area contributed by atoms with E-state index in [1.165, 1.54) is 16.8 Å². The van der Waals surface area contributed by atoms with Gasteiger partial charge >= 0.3 is 0 Å². The lowest BCUT2D eigenvalue weighted by molar-refractivity contribution is 0.401. The number of hydrogen-bond donors (Lipinski definition) is 0. The highest BCUT2D eigenvalue weighted by atomic mass is 35.5. The zero-order valence-corrected chi connectivity index (χ0v) is 13.4. The van der Waals surface area contributed by atoms with Crippen LogP contribution in [0.1, 0.15) is 16.3 Å². The molecule has 0 atom stereocenters. The fourth-order valence-corrected chi connectivity index (χ4v) is 3.32. The van der Waals surface area contributed by atoms with Crippen molar-refractivity contribution in [2.24, 2.45) is 0 Å². The summed E-state index contributed by atoms with van der Waals surface area (Å²) in [5.41, 5.74) is 2.75. The van der Waals surface area contributed by atoms with Crippen molar-refractivity contribution >= 4 is 34.1 Å². The number of aromatic nitrogens is 4. The van der Waals surface area contributed by atoms with Gasteiger partial charge in [0.05, 0.1) is 13.7 Å². The Hall–Kier alpha value is -1.66. The Labute approximate surface area is 131 Å². The molecule has 0 aliphatic heterocycles. The maximum atomic E-state index is 5.90. The second kappa shape index (κ2) is 5.99. The normalized spacial score (nSPS) is 11.2. The van der Waals surface area contributed by atoms with Crippen LogP contribution in [0.4, 0.5) is 0 Å². The summed E-state index contributed by atoms with van der Waals surface area (Å²) >= 11 is 7.64. The van der Waals surface area contributed by atoms with E-state index in [4.69, 9.17) is 16.3 Å². The van der Waals surface area contributed by atoms with Crippen LogP contribution in [-0.4, -0.2) is 32.5 Å². The van der Waals surface area contributed by atoms with Gasteiger partial charge < -0.3 is 9.30 Å². The fraction of sp³-hybridized carbons (Fsp3) is 0.357. The Morgan fingerprint density at radius 1 is 1.38 bits per heavy atom. The zero-order valence-electron chi connectivity index (χ0n) is 11.8. The van der Waals surface area contributed by atoms with E-state index in [9.17, 15) is 0 Å². The molecular weight excluding hydrogens is 308 g/mol. The van der Waals surface area contributed by atoms with Crippen molar-refractivity contribution in [1.82, 2.24) is 19.5 Å². The number of nitrogens with zero attached hydrogens (tertiary/aromatic N) is 4. The lowest BCUT2D eigenvalue weighted by Gasteiger charge is -2.07. The molecule has 0 N–H and O–H groups in total. The minimum Gasteiger partial charge on any atom is -0.479 e. The second-order valence-corrected chi connectivity index (χ2v) is 6.01. The lowest BCUT2D eigenvalue weighted by Crippen LogP contribution is -2.06.